The van der Waals surface area contributed by atoms with Crippen molar-refractivity contribution in [1.82, 2.24) is 19.8 Å². The third-order valence-electron chi connectivity index (χ3n) is 6.86. The smallest absolute Gasteiger partial charge is 0.407 e. The quantitative estimate of drug-likeness (QED) is 0.251. The van der Waals surface area contributed by atoms with Crippen LogP contribution in [0.15, 0.2) is 64.3 Å². The molecule has 13 heteroatoms. The van der Waals surface area contributed by atoms with Crippen LogP contribution in [-0.4, -0.2) is 73.8 Å². The third kappa shape index (κ3) is 8.56. The molecule has 1 atom stereocenters. The fourth-order valence-corrected chi connectivity index (χ4v) is 7.44. The fraction of sp³-hybridized carbons (Fsp3) is 0.387. The van der Waals surface area contributed by atoms with E-state index in [2.05, 4.69) is 10.3 Å². The fourth-order valence-electron chi connectivity index (χ4n) is 4.91. The van der Waals surface area contributed by atoms with Gasteiger partial charge in [0, 0.05) is 34.7 Å². The van der Waals surface area contributed by atoms with Gasteiger partial charge in [0.2, 0.25) is 5.91 Å². The van der Waals surface area contributed by atoms with Gasteiger partial charge in [0.1, 0.15) is 19.7 Å². The number of benzene rings is 2. The lowest BCUT2D eigenvalue weighted by Crippen LogP contribution is -2.50. The number of aliphatic carboxylic acids is 1. The normalized spacial score (nSPS) is 13.1. The topological polar surface area (TPSA) is 151 Å². The largest absolute Gasteiger partial charge is 0.480 e. The second kappa shape index (κ2) is 14.2. The van der Waals surface area contributed by atoms with E-state index >= 15 is 0 Å². The molecule has 2 amide bonds. The maximum atomic E-state index is 13.2. The van der Waals surface area contributed by atoms with E-state index in [4.69, 9.17) is 4.74 Å². The molecule has 0 radical (unpaired) electrons. The molecule has 4 rings (SSSR count). The van der Waals surface area contributed by atoms with Crippen LogP contribution in [0.3, 0.4) is 0 Å². The molecule has 3 N–H and O–H groups in total. The van der Waals surface area contributed by atoms with Crippen molar-refractivity contribution in [3.63, 3.8) is 0 Å². The van der Waals surface area contributed by atoms with Gasteiger partial charge in [-0.15, -0.1) is 0 Å². The number of carboxylic acids is 1. The number of rotatable bonds is 12. The number of aromatic nitrogens is 2. The number of carboxylic acid groups (broad SMARTS) is 1. The minimum absolute atomic E-state index is 0.0845. The molecule has 0 fully saturated rings. The summed E-state index contributed by atoms with van der Waals surface area (Å²) in [6.45, 7) is 6.47. The number of carbonyl (C=O) groups excluding carboxylic acids is 2. The Hall–Kier alpha value is -3.97. The third-order valence-corrected chi connectivity index (χ3v) is 10.3. The second-order valence-electron chi connectivity index (χ2n) is 11.5. The number of hydrogen-bond donors (Lipinski definition) is 3. The van der Waals surface area contributed by atoms with Crippen molar-refractivity contribution in [2.75, 3.05) is 25.4 Å². The number of alkyl carbamates (subject to hydrolysis) is 1. The van der Waals surface area contributed by atoms with Gasteiger partial charge in [0.05, 0.1) is 6.04 Å². The Labute approximate surface area is 262 Å². The summed E-state index contributed by atoms with van der Waals surface area (Å²) in [6, 6.07) is 15.3. The monoisotopic (exact) mass is 640 g/mol. The lowest BCUT2D eigenvalue weighted by molar-refractivity contribution is -0.144. The highest BCUT2D eigenvalue weighted by Crippen LogP contribution is 2.44. The summed E-state index contributed by atoms with van der Waals surface area (Å²) in [5, 5.41) is 12.4. The molecule has 0 aliphatic heterocycles. The molecule has 1 heterocycles. The molecule has 3 aromatic rings. The van der Waals surface area contributed by atoms with E-state index in [1.165, 1.54) is 23.9 Å². The zero-order valence-electron chi connectivity index (χ0n) is 25.0. The van der Waals surface area contributed by atoms with Crippen LogP contribution < -0.4 is 16.6 Å². The van der Waals surface area contributed by atoms with Crippen LogP contribution >= 0.6 is 21.6 Å². The predicted octanol–water partition coefficient (Wildman–Crippen LogP) is 3.85. The van der Waals surface area contributed by atoms with E-state index < -0.39 is 48.4 Å². The van der Waals surface area contributed by atoms with Crippen LogP contribution in [0.2, 0.25) is 0 Å². The maximum absolute atomic E-state index is 13.2. The lowest BCUT2D eigenvalue weighted by Gasteiger charge is -2.28. The van der Waals surface area contributed by atoms with Gasteiger partial charge in [-0.2, -0.15) is 0 Å². The molecule has 234 valence electrons. The SMILES string of the molecule is Cc1cn(CC(=O)N(CC(=O)O)C[C@H](CSSC(C)(C)C)NC(=O)OCC2c3ccccc3-c3ccccc32)c(=O)[nH]c1=O. The number of aryl methyl sites for hydroxylation is 1. The molecule has 1 aromatic heterocycles. The Balaban J connectivity index is 1.48. The average molecular weight is 641 g/mol. The highest BCUT2D eigenvalue weighted by atomic mass is 33.1. The number of ether oxygens (including phenoxy) is 1. The molecular weight excluding hydrogens is 604 g/mol. The first-order valence-electron chi connectivity index (χ1n) is 14.0. The lowest BCUT2D eigenvalue weighted by atomic mass is 9.98. The minimum atomic E-state index is -1.25. The van der Waals surface area contributed by atoms with E-state index in [0.717, 1.165) is 31.7 Å². The summed E-state index contributed by atoms with van der Waals surface area (Å²) >= 11 is 0. The summed E-state index contributed by atoms with van der Waals surface area (Å²) < 4.78 is 6.65. The van der Waals surface area contributed by atoms with Crippen molar-refractivity contribution in [2.45, 2.75) is 50.9 Å². The zero-order valence-corrected chi connectivity index (χ0v) is 26.6. The van der Waals surface area contributed by atoms with Crippen LogP contribution in [0.5, 0.6) is 0 Å². The first-order valence-corrected chi connectivity index (χ1v) is 16.4. The molecule has 44 heavy (non-hydrogen) atoms. The van der Waals surface area contributed by atoms with Gasteiger partial charge in [0.25, 0.3) is 5.56 Å². The second-order valence-corrected chi connectivity index (χ2v) is 14.7. The zero-order chi connectivity index (χ0) is 32.0. The first-order chi connectivity index (χ1) is 20.8. The molecule has 1 aliphatic rings. The van der Waals surface area contributed by atoms with E-state index in [1.807, 2.05) is 69.3 Å². The Kier molecular flexibility index (Phi) is 10.6. The summed E-state index contributed by atoms with van der Waals surface area (Å²) in [6.07, 6.45) is 0.564. The van der Waals surface area contributed by atoms with Crippen molar-refractivity contribution in [2.24, 2.45) is 0 Å². The van der Waals surface area contributed by atoms with Gasteiger partial charge in [-0.25, -0.2) is 9.59 Å². The van der Waals surface area contributed by atoms with Gasteiger partial charge in [-0.05, 0) is 29.2 Å². The van der Waals surface area contributed by atoms with Gasteiger partial charge in [-0.3, -0.25) is 23.9 Å². The van der Waals surface area contributed by atoms with E-state index in [9.17, 15) is 29.1 Å². The highest BCUT2D eigenvalue weighted by Gasteiger charge is 2.30. The molecule has 0 bridgehead atoms. The van der Waals surface area contributed by atoms with E-state index in [1.54, 1.807) is 10.8 Å². The number of fused-ring (bicyclic) bond motifs is 3. The summed E-state index contributed by atoms with van der Waals surface area (Å²) in [4.78, 5) is 65.3. The average Bonchev–Trinajstić information content (AvgIpc) is 3.27. The molecule has 0 spiro atoms. The Morgan fingerprint density at radius 2 is 1.68 bits per heavy atom. The highest BCUT2D eigenvalue weighted by molar-refractivity contribution is 8.77. The van der Waals surface area contributed by atoms with Crippen LogP contribution in [0.25, 0.3) is 11.1 Å². The Bertz CT molecular complexity index is 1600. The number of H-pyrrole nitrogens is 1. The number of nitrogens with one attached hydrogen (secondary N) is 2. The molecular formula is C31H36N4O7S2. The van der Waals surface area contributed by atoms with Crippen LogP contribution in [0.4, 0.5) is 4.79 Å². The number of aromatic amines is 1. The predicted molar refractivity (Wildman–Crippen MR) is 172 cm³/mol. The number of amides is 2. The van der Waals surface area contributed by atoms with Crippen molar-refractivity contribution < 1.29 is 24.2 Å². The number of hydrogen-bond acceptors (Lipinski definition) is 8. The number of carbonyl (C=O) groups is 3. The van der Waals surface area contributed by atoms with Crippen molar-refractivity contribution >= 4 is 39.6 Å². The molecule has 0 saturated carbocycles. The standard InChI is InChI=1S/C31H36N4O7S2/c1-19-13-35(29(40)33-28(19)39)15-26(36)34(16-27(37)38)14-20(18-43-44-31(2,3)4)32-30(41)42-17-25-23-11-7-5-9-21(23)22-10-6-8-12-24(22)25/h5-13,20,25H,14-18H2,1-4H3,(H,32,41)(H,37,38)(H,33,39,40)/t20-/m1/s1. The Morgan fingerprint density at radius 3 is 2.27 bits per heavy atom. The van der Waals surface area contributed by atoms with Crippen LogP contribution in [0, 0.1) is 6.92 Å². The van der Waals surface area contributed by atoms with Crippen LogP contribution in [-0.2, 0) is 20.9 Å². The summed E-state index contributed by atoms with van der Waals surface area (Å²) in [5.41, 5.74) is 3.22. The Morgan fingerprint density at radius 1 is 1.07 bits per heavy atom. The summed E-state index contributed by atoms with van der Waals surface area (Å²) in [5.74, 6) is -1.69. The van der Waals surface area contributed by atoms with Crippen LogP contribution in [0.1, 0.15) is 43.4 Å². The van der Waals surface area contributed by atoms with Gasteiger partial charge < -0.3 is 20.1 Å². The van der Waals surface area contributed by atoms with Gasteiger partial charge in [-0.1, -0.05) is 90.9 Å². The van der Waals surface area contributed by atoms with Crippen molar-refractivity contribution in [1.29, 1.82) is 0 Å². The summed E-state index contributed by atoms with van der Waals surface area (Å²) in [7, 11) is 3.07. The molecule has 0 unspecified atom stereocenters. The number of nitrogens with zero attached hydrogens (tertiary/aromatic N) is 2. The minimum Gasteiger partial charge on any atom is -0.480 e. The molecule has 0 saturated heterocycles. The molecule has 11 nitrogen and oxygen atoms in total. The van der Waals surface area contributed by atoms with E-state index in [-0.39, 0.29) is 29.4 Å². The molecule has 2 aromatic carbocycles. The van der Waals surface area contributed by atoms with E-state index in [0.29, 0.717) is 5.75 Å². The van der Waals surface area contributed by atoms with Crippen molar-refractivity contribution in [3.05, 3.63) is 92.3 Å². The van der Waals surface area contributed by atoms with Gasteiger partial charge in [0.15, 0.2) is 0 Å². The first kappa shape index (κ1) is 32.9. The molecule has 1 aliphatic carbocycles. The van der Waals surface area contributed by atoms with Gasteiger partial charge >= 0.3 is 17.8 Å². The van der Waals surface area contributed by atoms with Crippen molar-refractivity contribution in [3.8, 4) is 11.1 Å². The maximum Gasteiger partial charge on any atom is 0.407 e.